The maximum absolute atomic E-state index is 14.8. The van der Waals surface area contributed by atoms with Crippen molar-refractivity contribution in [3.63, 3.8) is 0 Å². The highest BCUT2D eigenvalue weighted by atomic mass is 35.5. The molecule has 0 bridgehead atoms. The molecule has 0 spiro atoms. The fourth-order valence-electron chi connectivity index (χ4n) is 3.26. The number of hydrogen-bond donors (Lipinski definition) is 2. The Bertz CT molecular complexity index is 1190. The van der Waals surface area contributed by atoms with E-state index < -0.39 is 61.2 Å². The lowest BCUT2D eigenvalue weighted by Crippen LogP contribution is -2.52. The zero-order chi connectivity index (χ0) is 23.3. The van der Waals surface area contributed by atoms with Gasteiger partial charge in [0.25, 0.3) is 12.0 Å². The Morgan fingerprint density at radius 3 is 2.81 bits per heavy atom. The molecule has 3 heterocycles. The molecule has 1 fully saturated rings. The Balaban J connectivity index is 1.60. The van der Waals surface area contributed by atoms with Crippen molar-refractivity contribution in [3.05, 3.63) is 61.9 Å². The fourth-order valence-corrected chi connectivity index (χ4v) is 4.67. The van der Waals surface area contributed by atoms with Crippen LogP contribution in [0.1, 0.15) is 11.8 Å². The van der Waals surface area contributed by atoms with Gasteiger partial charge in [-0.1, -0.05) is 29.8 Å². The van der Waals surface area contributed by atoms with E-state index in [-0.39, 0.29) is 12.4 Å². The summed E-state index contributed by atoms with van der Waals surface area (Å²) in [4.78, 5) is 25.2. The normalized spacial score (nSPS) is 32.0. The number of fused-ring (bicyclic) bond motifs is 1. The summed E-state index contributed by atoms with van der Waals surface area (Å²) in [6.07, 6.45) is -10.1. The summed E-state index contributed by atoms with van der Waals surface area (Å²) in [5.74, 6) is 0.136. The van der Waals surface area contributed by atoms with Gasteiger partial charge in [-0.25, -0.2) is 22.5 Å². The van der Waals surface area contributed by atoms with Crippen LogP contribution in [0.25, 0.3) is 0 Å². The summed E-state index contributed by atoms with van der Waals surface area (Å²) < 4.78 is 76.1. The van der Waals surface area contributed by atoms with Crippen LogP contribution in [-0.2, 0) is 25.0 Å². The van der Waals surface area contributed by atoms with Gasteiger partial charge in [-0.2, -0.15) is 0 Å². The Morgan fingerprint density at radius 2 is 2.09 bits per heavy atom. The van der Waals surface area contributed by atoms with E-state index in [1.165, 1.54) is 6.07 Å². The molecular weight excluding hydrogens is 484 g/mol. The number of aromatic amines is 1. The van der Waals surface area contributed by atoms with Gasteiger partial charge in [-0.05, 0) is 6.07 Å². The Morgan fingerprint density at radius 1 is 1.38 bits per heavy atom. The molecule has 2 aromatic rings. The molecule has 1 aromatic carbocycles. The lowest BCUT2D eigenvalue weighted by atomic mass is 9.97. The molecule has 174 valence electrons. The predicted molar refractivity (Wildman–Crippen MR) is 102 cm³/mol. The second-order valence-corrected chi connectivity index (χ2v) is 8.99. The molecule has 1 saturated heterocycles. The summed E-state index contributed by atoms with van der Waals surface area (Å²) in [6, 6.07) is 6.32. The zero-order valence-corrected chi connectivity index (χ0v) is 17.5. The van der Waals surface area contributed by atoms with Gasteiger partial charge in [0.1, 0.15) is 16.9 Å². The number of aliphatic hydroxyl groups is 1. The number of hydrogen-bond acceptors (Lipinski definition) is 8. The number of para-hydroxylation sites is 1. The van der Waals surface area contributed by atoms with Gasteiger partial charge in [0.2, 0.25) is 0 Å². The van der Waals surface area contributed by atoms with E-state index in [2.05, 4.69) is 0 Å². The van der Waals surface area contributed by atoms with Crippen molar-refractivity contribution in [2.75, 3.05) is 6.61 Å². The highest BCUT2D eigenvalue weighted by Gasteiger charge is 2.62. The average Bonchev–Trinajstić information content (AvgIpc) is 3.01. The maximum atomic E-state index is 14.8. The number of nitrogens with one attached hydrogen (secondary N) is 1. The number of halogens is 4. The number of aromatic nitrogens is 2. The molecule has 1 aromatic heterocycles. The standard InChI is InChI=1S/C17H15ClF3N2O8P/c18-9-5-23(16(26)22-13(9)25)14-11(19)12(24)17(30-14,15(20)21)7-29-32(27)28-6-8-3-1-2-4-10(8)31-32/h1-5,11-12,14-15,24H,6-7H2,(H,22,25,26)/t11-,12+,14-,17-,32?/m1/s1. The Kier molecular flexibility index (Phi) is 5.99. The molecule has 2 N–H and O–H groups in total. The molecule has 10 nitrogen and oxygen atoms in total. The molecule has 4 rings (SSSR count). The number of ether oxygens (including phenoxy) is 1. The van der Waals surface area contributed by atoms with Gasteiger partial charge in [-0.3, -0.25) is 23.4 Å². The number of aliphatic hydroxyl groups excluding tert-OH is 1. The summed E-state index contributed by atoms with van der Waals surface area (Å²) in [6.45, 7) is -1.52. The van der Waals surface area contributed by atoms with E-state index in [1.807, 2.05) is 0 Å². The third-order valence-corrected chi connectivity index (χ3v) is 6.57. The van der Waals surface area contributed by atoms with Crippen molar-refractivity contribution < 1.29 is 41.2 Å². The molecule has 15 heteroatoms. The van der Waals surface area contributed by atoms with Crippen molar-refractivity contribution >= 4 is 19.4 Å². The number of phosphoric acid groups is 1. The molecule has 32 heavy (non-hydrogen) atoms. The van der Waals surface area contributed by atoms with E-state index in [0.717, 1.165) is 0 Å². The average molecular weight is 499 g/mol. The van der Waals surface area contributed by atoms with Crippen LogP contribution in [0.2, 0.25) is 5.02 Å². The molecule has 2 aliphatic heterocycles. The number of rotatable bonds is 5. The summed E-state index contributed by atoms with van der Waals surface area (Å²) in [7, 11) is -4.43. The molecule has 0 radical (unpaired) electrons. The lowest BCUT2D eigenvalue weighted by molar-refractivity contribution is -0.194. The first-order chi connectivity index (χ1) is 15.1. The lowest BCUT2D eigenvalue weighted by Gasteiger charge is -2.32. The SMILES string of the molecule is O=c1[nH]c(=O)n([C@@H]2O[C@@](COP3(=O)OCc4ccccc4O3)(C(F)F)[C@@H](O)[C@H]2F)cc1Cl. The number of phosphoric ester groups is 1. The van der Waals surface area contributed by atoms with Crippen LogP contribution in [0.5, 0.6) is 5.75 Å². The van der Waals surface area contributed by atoms with Gasteiger partial charge in [-0.15, -0.1) is 0 Å². The molecule has 0 saturated carbocycles. The first kappa shape index (κ1) is 23.0. The highest BCUT2D eigenvalue weighted by molar-refractivity contribution is 7.49. The van der Waals surface area contributed by atoms with Crippen molar-refractivity contribution in [3.8, 4) is 5.75 Å². The summed E-state index contributed by atoms with van der Waals surface area (Å²) in [5, 5.41) is 9.70. The molecular formula is C17H15ClF3N2O8P. The van der Waals surface area contributed by atoms with Gasteiger partial charge in [0, 0.05) is 11.8 Å². The van der Waals surface area contributed by atoms with Crippen molar-refractivity contribution in [1.29, 1.82) is 0 Å². The Hall–Kier alpha value is -2.15. The van der Waals surface area contributed by atoms with Crippen LogP contribution in [0.4, 0.5) is 13.2 Å². The second kappa shape index (κ2) is 8.32. The van der Waals surface area contributed by atoms with Crippen molar-refractivity contribution in [2.24, 2.45) is 0 Å². The second-order valence-electron chi connectivity index (χ2n) is 6.99. The first-order valence-electron chi connectivity index (χ1n) is 9.02. The molecule has 0 aliphatic carbocycles. The quantitative estimate of drug-likeness (QED) is 0.600. The van der Waals surface area contributed by atoms with Crippen LogP contribution >= 0.6 is 19.4 Å². The number of nitrogens with zero attached hydrogens (tertiary/aromatic N) is 1. The molecule has 1 unspecified atom stereocenters. The maximum Gasteiger partial charge on any atom is 0.530 e. The highest BCUT2D eigenvalue weighted by Crippen LogP contribution is 2.56. The fraction of sp³-hybridized carbons (Fsp3) is 0.412. The summed E-state index contributed by atoms with van der Waals surface area (Å²) >= 11 is 5.62. The third kappa shape index (κ3) is 3.89. The van der Waals surface area contributed by atoms with Crippen LogP contribution < -0.4 is 15.8 Å². The first-order valence-corrected chi connectivity index (χ1v) is 10.9. The number of benzene rings is 1. The minimum atomic E-state index is -4.43. The smallest absolute Gasteiger partial charge is 0.404 e. The van der Waals surface area contributed by atoms with Crippen LogP contribution in [0.3, 0.4) is 0 Å². The minimum absolute atomic E-state index is 0.136. The third-order valence-electron chi connectivity index (χ3n) is 4.99. The van der Waals surface area contributed by atoms with E-state index in [9.17, 15) is 32.4 Å². The summed E-state index contributed by atoms with van der Waals surface area (Å²) in [5.41, 5.74) is -4.72. The van der Waals surface area contributed by atoms with Crippen LogP contribution in [0.15, 0.2) is 40.1 Å². The van der Waals surface area contributed by atoms with Crippen LogP contribution in [-0.4, -0.2) is 45.6 Å². The monoisotopic (exact) mass is 498 g/mol. The van der Waals surface area contributed by atoms with Gasteiger partial charge in [0.15, 0.2) is 18.0 Å². The van der Waals surface area contributed by atoms with Crippen molar-refractivity contribution in [2.45, 2.75) is 37.1 Å². The molecule has 5 atom stereocenters. The van der Waals surface area contributed by atoms with Gasteiger partial charge in [0.05, 0.1) is 13.2 Å². The van der Waals surface area contributed by atoms with Gasteiger partial charge >= 0.3 is 13.5 Å². The van der Waals surface area contributed by atoms with Crippen molar-refractivity contribution in [1.82, 2.24) is 9.55 Å². The predicted octanol–water partition coefficient (Wildman–Crippen LogP) is 2.16. The molecule has 2 aliphatic rings. The molecule has 0 amide bonds. The van der Waals surface area contributed by atoms with E-state index in [1.54, 1.807) is 23.2 Å². The van der Waals surface area contributed by atoms with Crippen LogP contribution in [0, 0.1) is 0 Å². The minimum Gasteiger partial charge on any atom is -0.404 e. The zero-order valence-electron chi connectivity index (χ0n) is 15.8. The largest absolute Gasteiger partial charge is 0.530 e. The van der Waals surface area contributed by atoms with E-state index >= 15 is 0 Å². The van der Waals surface area contributed by atoms with Gasteiger partial charge < -0.3 is 14.4 Å². The Labute approximate surface area is 182 Å². The topological polar surface area (TPSA) is 129 Å². The van der Waals surface area contributed by atoms with E-state index in [4.69, 9.17) is 29.9 Å². The number of H-pyrrole nitrogens is 1. The van der Waals surface area contributed by atoms with E-state index in [0.29, 0.717) is 16.3 Å². The number of alkyl halides is 3.